The van der Waals surface area contributed by atoms with Crippen molar-refractivity contribution in [1.82, 2.24) is 14.5 Å². The van der Waals surface area contributed by atoms with Crippen molar-refractivity contribution in [3.05, 3.63) is 54.0 Å². The van der Waals surface area contributed by atoms with Crippen molar-refractivity contribution in [3.63, 3.8) is 0 Å². The van der Waals surface area contributed by atoms with Gasteiger partial charge in [0.15, 0.2) is 0 Å². The van der Waals surface area contributed by atoms with Gasteiger partial charge in [-0.3, -0.25) is 4.98 Å². The third-order valence-electron chi connectivity index (χ3n) is 5.84. The van der Waals surface area contributed by atoms with E-state index in [-0.39, 0.29) is 18.3 Å². The number of nitrogens with zero attached hydrogens (tertiary/aromatic N) is 3. The third-order valence-corrected chi connectivity index (χ3v) is 5.84. The first kappa shape index (κ1) is 26.3. The number of pyridine rings is 1. The van der Waals surface area contributed by atoms with Gasteiger partial charge in [-0.2, -0.15) is 13.2 Å². The summed E-state index contributed by atoms with van der Waals surface area (Å²) < 4.78 is 46.6. The molecular weight excluding hydrogens is 485 g/mol. The van der Waals surface area contributed by atoms with Gasteiger partial charge in [-0.05, 0) is 50.1 Å². The number of alkyl halides is 3. The minimum absolute atomic E-state index is 0.195. The Bertz CT molecular complexity index is 1310. The molecule has 1 saturated heterocycles. The lowest BCUT2D eigenvalue weighted by Crippen LogP contribution is -2.43. The first-order valence-corrected chi connectivity index (χ1v) is 11.8. The molecular formula is C26H29F3N6O2. The first-order valence-electron chi connectivity index (χ1n) is 11.8. The molecule has 1 fully saturated rings. The highest BCUT2D eigenvalue weighted by Gasteiger charge is 2.30. The lowest BCUT2D eigenvalue weighted by atomic mass is 10.0. The molecule has 0 aliphatic carbocycles. The van der Waals surface area contributed by atoms with Gasteiger partial charge in [-0.1, -0.05) is 12.0 Å². The van der Waals surface area contributed by atoms with Crippen molar-refractivity contribution in [3.8, 4) is 11.8 Å². The fourth-order valence-electron chi connectivity index (χ4n) is 3.97. The highest BCUT2D eigenvalue weighted by atomic mass is 19.4. The second-order valence-corrected chi connectivity index (χ2v) is 9.31. The Balaban J connectivity index is 1.56. The Morgan fingerprint density at radius 3 is 2.59 bits per heavy atom. The zero-order valence-electron chi connectivity index (χ0n) is 20.7. The van der Waals surface area contributed by atoms with E-state index >= 15 is 0 Å². The van der Waals surface area contributed by atoms with E-state index < -0.39 is 18.3 Å². The first-order chi connectivity index (χ1) is 17.5. The maximum Gasteiger partial charge on any atom is 0.406 e. The average Bonchev–Trinajstić information content (AvgIpc) is 3.19. The van der Waals surface area contributed by atoms with E-state index in [0.717, 1.165) is 10.3 Å². The molecule has 0 radical (unpaired) electrons. The Hall–Kier alpha value is -3.75. The van der Waals surface area contributed by atoms with Gasteiger partial charge in [-0.15, -0.1) is 0 Å². The van der Waals surface area contributed by atoms with Crippen LogP contribution in [0.25, 0.3) is 10.9 Å². The van der Waals surface area contributed by atoms with Crippen molar-refractivity contribution in [1.29, 1.82) is 0 Å². The number of urea groups is 1. The molecule has 1 aliphatic heterocycles. The van der Waals surface area contributed by atoms with Crippen LogP contribution in [0.4, 0.5) is 29.3 Å². The summed E-state index contributed by atoms with van der Waals surface area (Å²) in [7, 11) is 0. The minimum atomic E-state index is -4.45. The number of carbonyl (C=O) groups excluding carboxylic acids is 1. The molecule has 4 rings (SSSR count). The molecule has 0 saturated carbocycles. The summed E-state index contributed by atoms with van der Waals surface area (Å²) in [5, 5.41) is 6.39. The monoisotopic (exact) mass is 514 g/mol. The highest BCUT2D eigenvalue weighted by Crippen LogP contribution is 2.30. The summed E-state index contributed by atoms with van der Waals surface area (Å²) in [6.07, 6.45) is -2.81. The smallest absolute Gasteiger partial charge is 0.378 e. The lowest BCUT2D eigenvalue weighted by molar-refractivity contribution is -0.140. The van der Waals surface area contributed by atoms with Crippen LogP contribution in [0.2, 0.25) is 0 Å². The van der Waals surface area contributed by atoms with Crippen LogP contribution in [0.3, 0.4) is 0 Å². The van der Waals surface area contributed by atoms with Gasteiger partial charge in [0.2, 0.25) is 0 Å². The predicted molar refractivity (Wildman–Crippen MR) is 136 cm³/mol. The molecule has 196 valence electrons. The fourth-order valence-corrected chi connectivity index (χ4v) is 3.97. The van der Waals surface area contributed by atoms with E-state index in [1.807, 2.05) is 26.0 Å². The molecule has 1 aliphatic rings. The van der Waals surface area contributed by atoms with E-state index in [2.05, 4.69) is 27.5 Å². The molecule has 2 amide bonds. The quantitative estimate of drug-likeness (QED) is 0.445. The van der Waals surface area contributed by atoms with Gasteiger partial charge in [0.1, 0.15) is 6.54 Å². The molecule has 1 aromatic carbocycles. The second kappa shape index (κ2) is 10.7. The van der Waals surface area contributed by atoms with Crippen molar-refractivity contribution in [2.45, 2.75) is 32.1 Å². The van der Waals surface area contributed by atoms with Gasteiger partial charge in [0.25, 0.3) is 0 Å². The van der Waals surface area contributed by atoms with E-state index in [9.17, 15) is 18.0 Å². The normalized spacial score (nSPS) is 14.3. The number of rotatable bonds is 5. The van der Waals surface area contributed by atoms with E-state index in [1.54, 1.807) is 35.4 Å². The van der Waals surface area contributed by atoms with Gasteiger partial charge < -0.3 is 30.6 Å². The number of nitrogens with two attached hydrogens (primary N) is 1. The topological polar surface area (TPSA) is 97.4 Å². The maximum absolute atomic E-state index is 13.4. The Morgan fingerprint density at radius 1 is 1.19 bits per heavy atom. The number of hydrogen-bond donors (Lipinski definition) is 3. The second-order valence-electron chi connectivity index (χ2n) is 9.31. The number of benzene rings is 1. The molecule has 8 nitrogen and oxygen atoms in total. The van der Waals surface area contributed by atoms with Crippen molar-refractivity contribution >= 4 is 28.3 Å². The molecule has 3 heterocycles. The van der Waals surface area contributed by atoms with Crippen LogP contribution in [0, 0.1) is 11.8 Å². The molecule has 0 spiro atoms. The van der Waals surface area contributed by atoms with Crippen LogP contribution >= 0.6 is 0 Å². The van der Waals surface area contributed by atoms with Crippen LogP contribution < -0.4 is 16.4 Å². The van der Waals surface area contributed by atoms with Crippen molar-refractivity contribution in [2.75, 3.05) is 43.5 Å². The lowest BCUT2D eigenvalue weighted by Gasteiger charge is -2.27. The molecule has 11 heteroatoms. The summed E-state index contributed by atoms with van der Waals surface area (Å²) in [4.78, 5) is 18.6. The number of aromatic nitrogens is 2. The Kier molecular flexibility index (Phi) is 7.61. The van der Waals surface area contributed by atoms with Crippen LogP contribution in [0.1, 0.15) is 25.2 Å². The molecule has 0 bridgehead atoms. The molecule has 0 atom stereocenters. The number of fused-ring (bicyclic) bond motifs is 1. The third kappa shape index (κ3) is 6.72. The molecule has 3 aromatic rings. The van der Waals surface area contributed by atoms with Crippen molar-refractivity contribution < 1.29 is 22.7 Å². The van der Waals surface area contributed by atoms with Gasteiger partial charge in [-0.25, -0.2) is 4.79 Å². The van der Waals surface area contributed by atoms with Crippen LogP contribution in [-0.4, -0.2) is 59.5 Å². The standard InChI is InChI=1S/C26H29F3N6O2/c1-25(2,30)23-9-8-18(16-32-23)31-10-4-5-19-15-20-21(33-24(36)34-11-13-37-14-12-34)6-3-7-22(20)35(19)17-26(27,28)29/h3,6-9,15-16,31H,10-14,17,30H2,1-2H3,(H,33,36). The number of ether oxygens (including phenoxy) is 1. The van der Waals surface area contributed by atoms with Crippen LogP contribution in [0.15, 0.2) is 42.6 Å². The number of anilines is 2. The average molecular weight is 515 g/mol. The molecule has 0 unspecified atom stereocenters. The summed E-state index contributed by atoms with van der Waals surface area (Å²) in [6, 6.07) is 9.74. The summed E-state index contributed by atoms with van der Waals surface area (Å²) in [5.41, 5.74) is 7.87. The predicted octanol–water partition coefficient (Wildman–Crippen LogP) is 4.12. The Morgan fingerprint density at radius 2 is 1.95 bits per heavy atom. The fraction of sp³-hybridized carbons (Fsp3) is 0.385. The molecule has 37 heavy (non-hydrogen) atoms. The highest BCUT2D eigenvalue weighted by molar-refractivity contribution is 6.01. The van der Waals surface area contributed by atoms with Gasteiger partial charge in [0.05, 0.1) is 59.8 Å². The zero-order chi connectivity index (χ0) is 26.6. The van der Waals surface area contributed by atoms with Crippen LogP contribution in [0.5, 0.6) is 0 Å². The minimum Gasteiger partial charge on any atom is -0.378 e. The number of halogens is 3. The number of nitrogens with one attached hydrogen (secondary N) is 2. The van der Waals surface area contributed by atoms with Gasteiger partial charge in [0, 0.05) is 18.5 Å². The Labute approximate surface area is 213 Å². The van der Waals surface area contributed by atoms with E-state index in [0.29, 0.717) is 48.6 Å². The number of hydrogen-bond acceptors (Lipinski definition) is 5. The largest absolute Gasteiger partial charge is 0.406 e. The van der Waals surface area contributed by atoms with Gasteiger partial charge >= 0.3 is 12.2 Å². The van der Waals surface area contributed by atoms with Crippen molar-refractivity contribution in [2.24, 2.45) is 5.73 Å². The summed E-state index contributed by atoms with van der Waals surface area (Å²) in [5.74, 6) is 5.73. The SMILES string of the molecule is CC(C)(N)c1ccc(NCC#Cc2cc3c(NC(=O)N4CCOCC4)cccc3n2CC(F)(F)F)cn1. The maximum atomic E-state index is 13.4. The van der Waals surface area contributed by atoms with E-state index in [1.165, 1.54) is 0 Å². The van der Waals surface area contributed by atoms with Crippen LogP contribution in [-0.2, 0) is 16.8 Å². The summed E-state index contributed by atoms with van der Waals surface area (Å²) >= 11 is 0. The number of morpholine rings is 1. The zero-order valence-corrected chi connectivity index (χ0v) is 20.7. The number of carbonyl (C=O) groups is 1. The molecule has 2 aromatic heterocycles. The summed E-state index contributed by atoms with van der Waals surface area (Å²) in [6.45, 7) is 4.49. The number of amides is 2. The molecule has 4 N–H and O–H groups in total. The van der Waals surface area contributed by atoms with E-state index in [4.69, 9.17) is 10.5 Å².